The second kappa shape index (κ2) is 6.59. The first kappa shape index (κ1) is 15.1. The Hall–Kier alpha value is -1.44. The number of nitrogens with zero attached hydrogens (tertiary/aromatic N) is 4. The lowest BCUT2D eigenvalue weighted by Gasteiger charge is -2.43. The first-order chi connectivity index (χ1) is 11.3. The molecule has 0 unspecified atom stereocenters. The molecular formula is C16H22N4O2S. The van der Waals surface area contributed by atoms with Crippen molar-refractivity contribution in [3.8, 4) is 0 Å². The molecule has 7 heteroatoms. The quantitative estimate of drug-likeness (QED) is 0.858. The summed E-state index contributed by atoms with van der Waals surface area (Å²) in [6.45, 7) is 6.54. The van der Waals surface area contributed by atoms with E-state index < -0.39 is 0 Å². The van der Waals surface area contributed by atoms with Gasteiger partial charge in [0.15, 0.2) is 0 Å². The van der Waals surface area contributed by atoms with Crippen LogP contribution in [0.2, 0.25) is 0 Å². The fourth-order valence-corrected chi connectivity index (χ4v) is 4.36. The number of likely N-dealkylation sites (tertiary alicyclic amines) is 1. The van der Waals surface area contributed by atoms with Crippen LogP contribution in [0.25, 0.3) is 0 Å². The van der Waals surface area contributed by atoms with Crippen molar-refractivity contribution < 1.29 is 9.15 Å². The van der Waals surface area contributed by atoms with Crippen molar-refractivity contribution >= 4 is 16.5 Å². The minimum Gasteiger partial charge on any atom is -0.468 e. The molecule has 4 heterocycles. The molecule has 6 nitrogen and oxygen atoms in total. The summed E-state index contributed by atoms with van der Waals surface area (Å²) < 4.78 is 11.5. The van der Waals surface area contributed by atoms with Gasteiger partial charge in [-0.3, -0.25) is 4.90 Å². The zero-order valence-corrected chi connectivity index (χ0v) is 14.0. The van der Waals surface area contributed by atoms with Crippen molar-refractivity contribution in [1.29, 1.82) is 0 Å². The van der Waals surface area contributed by atoms with Crippen LogP contribution in [0.5, 0.6) is 0 Å². The summed E-state index contributed by atoms with van der Waals surface area (Å²) in [6.07, 6.45) is 4.16. The monoisotopic (exact) mass is 334 g/mol. The van der Waals surface area contributed by atoms with E-state index in [-0.39, 0.29) is 5.41 Å². The molecule has 2 saturated heterocycles. The SMILES string of the molecule is c1coc(CN2CCC[C@@]3(COCCN(c4nncs4)C3)C2)c1. The van der Waals surface area contributed by atoms with Gasteiger partial charge in [0.05, 0.1) is 26.0 Å². The van der Waals surface area contributed by atoms with E-state index in [1.54, 1.807) is 23.1 Å². The Morgan fingerprint density at radius 1 is 1.30 bits per heavy atom. The first-order valence-corrected chi connectivity index (χ1v) is 9.05. The molecule has 2 aromatic rings. The molecule has 0 aromatic carbocycles. The number of rotatable bonds is 3. The van der Waals surface area contributed by atoms with Gasteiger partial charge in [-0.25, -0.2) is 0 Å². The molecule has 1 atom stereocenters. The van der Waals surface area contributed by atoms with Gasteiger partial charge in [0.2, 0.25) is 5.13 Å². The number of furan rings is 1. The molecule has 0 bridgehead atoms. The van der Waals surface area contributed by atoms with E-state index >= 15 is 0 Å². The number of aromatic nitrogens is 2. The maximum Gasteiger partial charge on any atom is 0.208 e. The molecule has 2 aromatic heterocycles. The third-order valence-electron chi connectivity index (χ3n) is 4.76. The summed E-state index contributed by atoms with van der Waals surface area (Å²) in [5.74, 6) is 1.04. The zero-order valence-electron chi connectivity index (χ0n) is 13.2. The number of hydrogen-bond acceptors (Lipinski definition) is 7. The second-order valence-corrected chi connectivity index (χ2v) is 7.40. The van der Waals surface area contributed by atoms with E-state index in [9.17, 15) is 0 Å². The van der Waals surface area contributed by atoms with Gasteiger partial charge in [0, 0.05) is 25.0 Å². The predicted octanol–water partition coefficient (Wildman–Crippen LogP) is 2.25. The molecule has 2 fully saturated rings. The number of ether oxygens (including phenoxy) is 1. The van der Waals surface area contributed by atoms with Crippen LogP contribution in [0, 0.1) is 5.41 Å². The summed E-state index contributed by atoms with van der Waals surface area (Å²) in [7, 11) is 0. The molecule has 0 N–H and O–H groups in total. The summed E-state index contributed by atoms with van der Waals surface area (Å²) >= 11 is 1.61. The van der Waals surface area contributed by atoms with Gasteiger partial charge in [-0.05, 0) is 31.5 Å². The van der Waals surface area contributed by atoms with E-state index in [0.29, 0.717) is 0 Å². The van der Waals surface area contributed by atoms with Crippen molar-refractivity contribution in [3.05, 3.63) is 29.7 Å². The van der Waals surface area contributed by atoms with E-state index in [1.165, 1.54) is 12.8 Å². The lowest BCUT2D eigenvalue weighted by Crippen LogP contribution is -2.50. The molecule has 2 aliphatic heterocycles. The Morgan fingerprint density at radius 2 is 2.30 bits per heavy atom. The highest BCUT2D eigenvalue weighted by molar-refractivity contribution is 7.13. The minimum atomic E-state index is 0.174. The summed E-state index contributed by atoms with van der Waals surface area (Å²) in [4.78, 5) is 4.84. The number of piperidine rings is 1. The van der Waals surface area contributed by atoms with Gasteiger partial charge >= 0.3 is 0 Å². The van der Waals surface area contributed by atoms with Crippen LogP contribution in [-0.2, 0) is 11.3 Å². The standard InChI is InChI=1S/C16H22N4O2S/c1-3-14(22-7-1)9-19-5-2-4-16(10-19)11-20(6-8-21-12-16)15-18-17-13-23-15/h1,3,7,13H,2,4-6,8-12H2/t16-/m1/s1. The molecule has 124 valence electrons. The van der Waals surface area contributed by atoms with E-state index in [4.69, 9.17) is 9.15 Å². The number of hydrogen-bond donors (Lipinski definition) is 0. The molecule has 0 saturated carbocycles. The van der Waals surface area contributed by atoms with Crippen molar-refractivity contribution in [2.24, 2.45) is 5.41 Å². The van der Waals surface area contributed by atoms with Gasteiger partial charge in [-0.2, -0.15) is 0 Å². The van der Waals surface area contributed by atoms with Gasteiger partial charge in [0.25, 0.3) is 0 Å². The summed E-state index contributed by atoms with van der Waals surface area (Å²) in [6, 6.07) is 4.01. The van der Waals surface area contributed by atoms with Gasteiger partial charge in [0.1, 0.15) is 11.3 Å². The average molecular weight is 334 g/mol. The Morgan fingerprint density at radius 3 is 3.13 bits per heavy atom. The predicted molar refractivity (Wildman–Crippen MR) is 88.6 cm³/mol. The molecule has 4 rings (SSSR count). The van der Waals surface area contributed by atoms with E-state index in [0.717, 1.165) is 56.8 Å². The normalized spacial score (nSPS) is 26.5. The largest absolute Gasteiger partial charge is 0.468 e. The smallest absolute Gasteiger partial charge is 0.208 e. The van der Waals surface area contributed by atoms with Crippen LogP contribution in [0.4, 0.5) is 5.13 Å². The van der Waals surface area contributed by atoms with Gasteiger partial charge < -0.3 is 14.1 Å². The van der Waals surface area contributed by atoms with Crippen LogP contribution >= 0.6 is 11.3 Å². The van der Waals surface area contributed by atoms with Crippen LogP contribution in [-0.4, -0.2) is 54.5 Å². The summed E-state index contributed by atoms with van der Waals surface area (Å²) in [5.41, 5.74) is 1.98. The van der Waals surface area contributed by atoms with Crippen molar-refractivity contribution in [1.82, 2.24) is 15.1 Å². The fraction of sp³-hybridized carbons (Fsp3) is 0.625. The second-order valence-electron chi connectivity index (χ2n) is 6.59. The van der Waals surface area contributed by atoms with Crippen LogP contribution in [0.15, 0.2) is 28.3 Å². The third-order valence-corrected chi connectivity index (χ3v) is 5.51. The maximum atomic E-state index is 5.96. The Kier molecular flexibility index (Phi) is 4.33. The zero-order chi connectivity index (χ0) is 15.5. The third kappa shape index (κ3) is 3.41. The molecule has 0 amide bonds. The molecular weight excluding hydrogens is 312 g/mol. The van der Waals surface area contributed by atoms with Gasteiger partial charge in [-0.15, -0.1) is 10.2 Å². The highest BCUT2D eigenvalue weighted by Crippen LogP contribution is 2.35. The molecule has 0 aliphatic carbocycles. The topological polar surface area (TPSA) is 54.6 Å². The highest BCUT2D eigenvalue weighted by atomic mass is 32.1. The first-order valence-electron chi connectivity index (χ1n) is 8.17. The minimum absolute atomic E-state index is 0.174. The Bertz CT molecular complexity index is 604. The average Bonchev–Trinajstić information content (AvgIpc) is 3.22. The van der Waals surface area contributed by atoms with Crippen LogP contribution in [0.1, 0.15) is 18.6 Å². The molecule has 2 aliphatic rings. The summed E-state index contributed by atoms with van der Waals surface area (Å²) in [5, 5.41) is 9.25. The molecule has 1 spiro atoms. The highest BCUT2D eigenvalue weighted by Gasteiger charge is 2.39. The van der Waals surface area contributed by atoms with E-state index in [1.807, 2.05) is 6.07 Å². The lowest BCUT2D eigenvalue weighted by molar-refractivity contribution is 0.00881. The molecule has 0 radical (unpaired) electrons. The lowest BCUT2D eigenvalue weighted by atomic mass is 9.80. The van der Waals surface area contributed by atoms with Gasteiger partial charge in [-0.1, -0.05) is 11.3 Å². The Balaban J connectivity index is 1.48. The number of anilines is 1. The Labute approximate surface area is 140 Å². The van der Waals surface area contributed by atoms with Crippen molar-refractivity contribution in [2.75, 3.05) is 44.3 Å². The van der Waals surface area contributed by atoms with E-state index in [2.05, 4.69) is 26.1 Å². The maximum absolute atomic E-state index is 5.96. The molecule has 23 heavy (non-hydrogen) atoms. The van der Waals surface area contributed by atoms with Crippen LogP contribution in [0.3, 0.4) is 0 Å². The fourth-order valence-electron chi connectivity index (χ4n) is 3.78. The van der Waals surface area contributed by atoms with Crippen molar-refractivity contribution in [3.63, 3.8) is 0 Å². The van der Waals surface area contributed by atoms with Crippen LogP contribution < -0.4 is 4.90 Å². The van der Waals surface area contributed by atoms with Crippen molar-refractivity contribution in [2.45, 2.75) is 19.4 Å².